The lowest BCUT2D eigenvalue weighted by Crippen LogP contribution is -2.48. The molecule has 0 aromatic rings. The van der Waals surface area contributed by atoms with Crippen LogP contribution < -0.4 is 5.73 Å². The Balaban J connectivity index is 1.83. The Morgan fingerprint density at radius 1 is 1.04 bits per heavy atom. The van der Waals surface area contributed by atoms with E-state index in [1.54, 1.807) is 0 Å². The summed E-state index contributed by atoms with van der Waals surface area (Å²) in [6, 6.07) is 0.329. The van der Waals surface area contributed by atoms with Crippen molar-refractivity contribution in [1.29, 1.82) is 0 Å². The third-order valence-corrected chi connectivity index (χ3v) is 5.22. The van der Waals surface area contributed by atoms with Crippen LogP contribution in [0.1, 0.15) is 59.3 Å². The summed E-state index contributed by atoms with van der Waals surface area (Å²) in [5.74, 6) is 0.709. The van der Waals surface area contributed by atoms with E-state index < -0.39 is 0 Å². The second-order valence-corrected chi connectivity index (χ2v) is 8.30. The largest absolute Gasteiger partial charge is 0.370 e. The molecule has 5 heteroatoms. The number of primary amides is 1. The van der Waals surface area contributed by atoms with E-state index in [2.05, 4.69) is 4.90 Å². The zero-order chi connectivity index (χ0) is 17.0. The molecular weight excluding hydrogens is 290 g/mol. The molecule has 1 atom stereocenters. The Morgan fingerprint density at radius 3 is 2.26 bits per heavy atom. The van der Waals surface area contributed by atoms with E-state index >= 15 is 0 Å². The van der Waals surface area contributed by atoms with Gasteiger partial charge in [0, 0.05) is 37.5 Å². The Hall–Kier alpha value is -1.10. The van der Waals surface area contributed by atoms with E-state index in [-0.39, 0.29) is 17.2 Å². The van der Waals surface area contributed by atoms with Crippen LogP contribution in [0.2, 0.25) is 0 Å². The molecular formula is C18H33N3O2. The molecule has 0 aromatic heterocycles. The fourth-order valence-electron chi connectivity index (χ4n) is 3.89. The van der Waals surface area contributed by atoms with Gasteiger partial charge in [0.1, 0.15) is 0 Å². The number of carbonyl (C=O) groups is 2. The van der Waals surface area contributed by atoms with Crippen molar-refractivity contribution in [3.63, 3.8) is 0 Å². The third-order valence-electron chi connectivity index (χ3n) is 5.22. The minimum atomic E-state index is -0.285. The molecule has 0 saturated carbocycles. The van der Waals surface area contributed by atoms with Crippen LogP contribution in [0.25, 0.3) is 0 Å². The highest BCUT2D eigenvalue weighted by Gasteiger charge is 2.32. The van der Waals surface area contributed by atoms with Crippen molar-refractivity contribution in [3.8, 4) is 0 Å². The van der Waals surface area contributed by atoms with Gasteiger partial charge in [-0.1, -0.05) is 27.2 Å². The molecule has 0 bridgehead atoms. The zero-order valence-corrected chi connectivity index (χ0v) is 15.0. The smallest absolute Gasteiger partial charge is 0.227 e. The highest BCUT2D eigenvalue weighted by molar-refractivity contribution is 5.81. The number of hydrogen-bond donors (Lipinski definition) is 1. The molecule has 23 heavy (non-hydrogen) atoms. The van der Waals surface area contributed by atoms with Gasteiger partial charge in [0.25, 0.3) is 0 Å². The van der Waals surface area contributed by atoms with Crippen molar-refractivity contribution in [2.45, 2.75) is 65.3 Å². The number of carbonyl (C=O) groups excluding carboxylic acids is 2. The Kier molecular flexibility index (Phi) is 6.06. The van der Waals surface area contributed by atoms with Gasteiger partial charge in [-0.15, -0.1) is 0 Å². The van der Waals surface area contributed by atoms with Gasteiger partial charge in [-0.05, 0) is 38.1 Å². The van der Waals surface area contributed by atoms with Gasteiger partial charge in [-0.3, -0.25) is 14.5 Å². The lowest BCUT2D eigenvalue weighted by molar-refractivity contribution is -0.141. The Bertz CT molecular complexity index is 422. The summed E-state index contributed by atoms with van der Waals surface area (Å²) >= 11 is 0. The normalized spacial score (nSPS) is 24.7. The first-order valence-corrected chi connectivity index (χ1v) is 9.09. The predicted octanol–water partition coefficient (Wildman–Crippen LogP) is 2.00. The number of nitrogens with two attached hydrogens (primary N) is 1. The number of piperidine rings is 2. The molecule has 0 spiro atoms. The van der Waals surface area contributed by atoms with Crippen molar-refractivity contribution >= 4 is 11.8 Å². The topological polar surface area (TPSA) is 66.6 Å². The van der Waals surface area contributed by atoms with Crippen molar-refractivity contribution in [1.82, 2.24) is 9.80 Å². The average Bonchev–Trinajstić information content (AvgIpc) is 2.48. The lowest BCUT2D eigenvalue weighted by atomic mass is 9.89. The summed E-state index contributed by atoms with van der Waals surface area (Å²) in [5.41, 5.74) is 5.12. The first-order chi connectivity index (χ1) is 10.8. The molecule has 2 amide bonds. The van der Waals surface area contributed by atoms with Crippen molar-refractivity contribution in [2.24, 2.45) is 17.1 Å². The highest BCUT2D eigenvalue weighted by atomic mass is 16.2. The molecule has 5 nitrogen and oxygen atoms in total. The van der Waals surface area contributed by atoms with E-state index in [0.29, 0.717) is 18.4 Å². The predicted molar refractivity (Wildman–Crippen MR) is 91.8 cm³/mol. The minimum Gasteiger partial charge on any atom is -0.370 e. The Labute approximate surface area is 140 Å². The van der Waals surface area contributed by atoms with Crippen LogP contribution >= 0.6 is 0 Å². The van der Waals surface area contributed by atoms with Gasteiger partial charge in [0.15, 0.2) is 0 Å². The summed E-state index contributed by atoms with van der Waals surface area (Å²) in [7, 11) is 0. The maximum Gasteiger partial charge on any atom is 0.227 e. The molecule has 2 fully saturated rings. The van der Waals surface area contributed by atoms with Crippen LogP contribution in [0.15, 0.2) is 0 Å². The van der Waals surface area contributed by atoms with Gasteiger partial charge in [-0.25, -0.2) is 0 Å². The van der Waals surface area contributed by atoms with Crippen LogP contribution in [-0.4, -0.2) is 53.8 Å². The maximum absolute atomic E-state index is 12.4. The standard InChI is InChI=1S/C18H33N3O2/c1-18(2,3)17(23)20-10-7-14(8-11-20)13-21-9-5-4-6-15(21)12-16(19)22/h14-15H,4-13H2,1-3H3,(H2,19,22). The molecule has 2 N–H and O–H groups in total. The molecule has 2 aliphatic rings. The second kappa shape index (κ2) is 7.65. The zero-order valence-electron chi connectivity index (χ0n) is 15.0. The monoisotopic (exact) mass is 323 g/mol. The summed E-state index contributed by atoms with van der Waals surface area (Å²) in [4.78, 5) is 28.1. The minimum absolute atomic E-state index is 0.188. The van der Waals surface area contributed by atoms with Gasteiger partial charge < -0.3 is 10.6 Å². The molecule has 2 aliphatic heterocycles. The molecule has 2 heterocycles. The number of hydrogen-bond acceptors (Lipinski definition) is 3. The second-order valence-electron chi connectivity index (χ2n) is 8.30. The maximum atomic E-state index is 12.4. The van der Waals surface area contributed by atoms with E-state index in [4.69, 9.17) is 5.73 Å². The average molecular weight is 323 g/mol. The number of amides is 2. The van der Waals surface area contributed by atoms with Crippen molar-refractivity contribution in [2.75, 3.05) is 26.2 Å². The third kappa shape index (κ3) is 5.20. The van der Waals surface area contributed by atoms with Crippen molar-refractivity contribution < 1.29 is 9.59 Å². The van der Waals surface area contributed by atoms with Crippen LogP contribution in [-0.2, 0) is 9.59 Å². The van der Waals surface area contributed by atoms with Gasteiger partial charge in [0.2, 0.25) is 11.8 Å². The molecule has 0 radical (unpaired) electrons. The summed E-state index contributed by atoms with van der Waals surface area (Å²) in [6.45, 7) is 9.84. The van der Waals surface area contributed by atoms with Gasteiger partial charge >= 0.3 is 0 Å². The first-order valence-electron chi connectivity index (χ1n) is 9.09. The highest BCUT2D eigenvalue weighted by Crippen LogP contribution is 2.27. The summed E-state index contributed by atoms with van der Waals surface area (Å²) in [6.07, 6.45) is 6.14. The molecule has 2 rings (SSSR count). The number of rotatable bonds is 4. The SMILES string of the molecule is CC(C)(C)C(=O)N1CCC(CN2CCCCC2CC(N)=O)CC1. The molecule has 0 aromatic carbocycles. The fourth-order valence-corrected chi connectivity index (χ4v) is 3.89. The van der Waals surface area contributed by atoms with Crippen LogP contribution in [0.4, 0.5) is 0 Å². The van der Waals surface area contributed by atoms with Gasteiger partial charge in [0.05, 0.1) is 0 Å². The quantitative estimate of drug-likeness (QED) is 0.860. The summed E-state index contributed by atoms with van der Waals surface area (Å²) in [5, 5.41) is 0. The van der Waals surface area contributed by atoms with Crippen LogP contribution in [0.3, 0.4) is 0 Å². The van der Waals surface area contributed by atoms with E-state index in [0.717, 1.165) is 45.4 Å². The molecule has 1 unspecified atom stereocenters. The lowest BCUT2D eigenvalue weighted by Gasteiger charge is -2.41. The van der Waals surface area contributed by atoms with Crippen molar-refractivity contribution in [3.05, 3.63) is 0 Å². The van der Waals surface area contributed by atoms with Crippen LogP contribution in [0.5, 0.6) is 0 Å². The summed E-state index contributed by atoms with van der Waals surface area (Å²) < 4.78 is 0. The Morgan fingerprint density at radius 2 is 1.70 bits per heavy atom. The van der Waals surface area contributed by atoms with E-state index in [9.17, 15) is 9.59 Å². The molecule has 132 valence electrons. The first kappa shape index (κ1) is 18.2. The molecule has 0 aliphatic carbocycles. The fraction of sp³-hybridized carbons (Fsp3) is 0.889. The van der Waals surface area contributed by atoms with Crippen LogP contribution in [0, 0.1) is 11.3 Å². The molecule has 2 saturated heterocycles. The number of nitrogens with zero attached hydrogens (tertiary/aromatic N) is 2. The van der Waals surface area contributed by atoms with E-state index in [1.807, 2.05) is 25.7 Å². The van der Waals surface area contributed by atoms with Gasteiger partial charge in [-0.2, -0.15) is 0 Å². The number of likely N-dealkylation sites (tertiary alicyclic amines) is 2. The van der Waals surface area contributed by atoms with E-state index in [1.165, 1.54) is 12.8 Å².